The number of primary amides is 2. The monoisotopic (exact) mass is 1050 g/mol. The van der Waals surface area contributed by atoms with Crippen molar-refractivity contribution >= 4 is 86.6 Å². The molecule has 394 valence electrons. The minimum atomic E-state index is -0.659. The number of hydrogen-bond acceptors (Lipinski definition) is 15. The van der Waals surface area contributed by atoms with Crippen LogP contribution in [0.4, 0.5) is 11.9 Å². The Morgan fingerprint density at radius 1 is 0.770 bits per heavy atom. The van der Waals surface area contributed by atoms with Gasteiger partial charge in [-0.25, -0.2) is 15.0 Å². The van der Waals surface area contributed by atoms with Crippen LogP contribution < -0.4 is 32.2 Å². The lowest BCUT2D eigenvalue weighted by molar-refractivity contribution is -0.133. The van der Waals surface area contributed by atoms with E-state index in [1.54, 1.807) is 35.0 Å². The number of rotatable bonds is 23. The molecule has 2 aromatic carbocycles. The highest BCUT2D eigenvalue weighted by molar-refractivity contribution is 7.98. The van der Waals surface area contributed by atoms with E-state index in [1.807, 2.05) is 60.1 Å². The maximum absolute atomic E-state index is 14.0. The Hall–Kier alpha value is -6.66. The molecule has 6 heterocycles. The molecule has 21 nitrogen and oxygen atoms in total. The fourth-order valence-corrected chi connectivity index (χ4v) is 11.0. The van der Waals surface area contributed by atoms with E-state index in [2.05, 4.69) is 35.8 Å². The predicted molar refractivity (Wildman–Crippen MR) is 288 cm³/mol. The molecule has 7 N–H and O–H groups in total. The number of aryl methyl sites for hydroxylation is 4. The molecule has 5 amide bonds. The summed E-state index contributed by atoms with van der Waals surface area (Å²) in [6, 6.07) is 8.23. The van der Waals surface area contributed by atoms with Gasteiger partial charge in [0.05, 0.1) is 39.6 Å². The zero-order valence-electron chi connectivity index (χ0n) is 42.9. The highest BCUT2D eigenvalue weighted by atomic mass is 32.2. The van der Waals surface area contributed by atoms with Gasteiger partial charge in [0.25, 0.3) is 11.8 Å². The first-order valence-electron chi connectivity index (χ1n) is 25.3. The summed E-state index contributed by atoms with van der Waals surface area (Å²) in [7, 11) is 0. The van der Waals surface area contributed by atoms with Gasteiger partial charge in [0.1, 0.15) is 21.8 Å². The molecular weight excluding hydrogens is 983 g/mol. The van der Waals surface area contributed by atoms with Crippen molar-refractivity contribution in [2.75, 3.05) is 88.9 Å². The molecule has 6 aromatic rings. The number of unbranched alkanes of at least 4 members (excludes halogenated alkanes) is 1. The Bertz CT molecular complexity index is 3050. The summed E-state index contributed by atoms with van der Waals surface area (Å²) >= 11 is 2.72. The molecule has 0 aliphatic carbocycles. The number of nitrogens with one attached hydrogen (secondary N) is 3. The van der Waals surface area contributed by atoms with Gasteiger partial charge in [-0.3, -0.25) is 44.2 Å². The summed E-state index contributed by atoms with van der Waals surface area (Å²) in [4.78, 5) is 88.2. The average molecular weight is 1050 g/mol. The first-order chi connectivity index (χ1) is 35.7. The van der Waals surface area contributed by atoms with Crippen LogP contribution in [-0.2, 0) is 30.8 Å². The first kappa shape index (κ1) is 53.6. The van der Waals surface area contributed by atoms with Crippen molar-refractivity contribution in [2.24, 2.45) is 11.5 Å². The largest absolute Gasteiger partial charge is 0.491 e. The second-order valence-corrected chi connectivity index (χ2v) is 20.5. The van der Waals surface area contributed by atoms with Crippen molar-refractivity contribution < 1.29 is 28.7 Å². The number of imidazole rings is 2. The molecular formula is C51H67N15O6S2. The van der Waals surface area contributed by atoms with Gasteiger partial charge < -0.3 is 40.5 Å². The first-order valence-corrected chi connectivity index (χ1v) is 27.4. The van der Waals surface area contributed by atoms with Crippen molar-refractivity contribution in [3.63, 3.8) is 0 Å². The van der Waals surface area contributed by atoms with Gasteiger partial charge in [0, 0.05) is 101 Å². The molecule has 0 spiro atoms. The fraction of sp³-hybridized carbons (Fsp3) is 0.471. The Labute approximate surface area is 438 Å². The second kappa shape index (κ2) is 24.6. The third-order valence-corrected chi connectivity index (χ3v) is 15.1. The molecule has 2 aliphatic rings. The number of carbonyl (C=O) groups is 5. The number of hydrogen-bond donors (Lipinski definition) is 5. The number of nitrogens with zero attached hydrogens (tertiary/aromatic N) is 10. The molecule has 2 saturated heterocycles. The SMILES string of the molecule is CCc1nc(C)sc1C(=O)Nc1nc2cc(C(N)=O)cc(OCCCN3CCN(C(=O)CCCCN4CCNCC4)CC3)c2n1C/C=C/Cn1c(NC(=O)c2cc(C)nn2CC)nc2cc(C(N)=O)cc(SC)c21. The Balaban J connectivity index is 1.02. The summed E-state index contributed by atoms with van der Waals surface area (Å²) in [6.07, 6.45) is 9.43. The van der Waals surface area contributed by atoms with Gasteiger partial charge in [-0.15, -0.1) is 23.1 Å². The number of anilines is 2. The van der Waals surface area contributed by atoms with Crippen LogP contribution in [-0.4, -0.2) is 156 Å². The van der Waals surface area contributed by atoms with E-state index in [0.29, 0.717) is 95.3 Å². The number of aromatic nitrogens is 7. The number of benzene rings is 2. The molecule has 0 unspecified atom stereocenters. The Morgan fingerprint density at radius 2 is 1.39 bits per heavy atom. The highest BCUT2D eigenvalue weighted by Gasteiger charge is 2.25. The summed E-state index contributed by atoms with van der Waals surface area (Å²) in [5, 5.41) is 14.6. The van der Waals surface area contributed by atoms with E-state index in [-0.39, 0.29) is 47.9 Å². The van der Waals surface area contributed by atoms with Gasteiger partial charge in [0.15, 0.2) is 0 Å². The minimum absolute atomic E-state index is 0.185. The molecule has 2 fully saturated rings. The number of piperazine rings is 2. The van der Waals surface area contributed by atoms with Crippen LogP contribution in [0.25, 0.3) is 22.1 Å². The number of carbonyl (C=O) groups excluding carboxylic acids is 5. The zero-order valence-corrected chi connectivity index (χ0v) is 44.5. The van der Waals surface area contributed by atoms with E-state index in [1.165, 1.54) is 23.1 Å². The molecule has 23 heteroatoms. The Morgan fingerprint density at radius 3 is 2.04 bits per heavy atom. The molecule has 0 radical (unpaired) electrons. The van der Waals surface area contributed by atoms with Gasteiger partial charge in [-0.05, 0) is 89.6 Å². The Kier molecular flexibility index (Phi) is 17.8. The zero-order chi connectivity index (χ0) is 52.5. The quantitative estimate of drug-likeness (QED) is 0.0325. The van der Waals surface area contributed by atoms with Crippen LogP contribution in [0.2, 0.25) is 0 Å². The standard InChI is InChI=1S/C51H67N15O6S2/c1-6-36-45(74-33(4)55-36)49(71)59-51-56-37-28-34(46(52)68)30-40(72-26-12-17-62-22-24-63(25-23-62)42(67)13-8-9-16-61-20-14-54-15-21-61)43(37)64(51)18-10-11-19-65-44-38(29-35(47(53)69)31-41(44)73-5)57-50(65)58-48(70)39-27-32(3)60-66(39)7-2/h10-11,27-31,54H,6-9,12-26H2,1-5H3,(H2,52,68)(H2,53,69)(H,56,59,71)(H,57,58,70)/b11-10+. The van der Waals surface area contributed by atoms with Crippen LogP contribution in [0.1, 0.15) is 96.8 Å². The van der Waals surface area contributed by atoms with Gasteiger partial charge in [-0.1, -0.05) is 19.1 Å². The lowest BCUT2D eigenvalue weighted by Crippen LogP contribution is -2.49. The molecule has 2 aliphatic heterocycles. The fourth-order valence-electron chi connectivity index (χ4n) is 9.49. The summed E-state index contributed by atoms with van der Waals surface area (Å²) in [6.45, 7) is 17.6. The van der Waals surface area contributed by atoms with E-state index in [4.69, 9.17) is 26.2 Å². The van der Waals surface area contributed by atoms with E-state index in [9.17, 15) is 24.0 Å². The van der Waals surface area contributed by atoms with Crippen molar-refractivity contribution in [2.45, 2.75) is 84.3 Å². The smallest absolute Gasteiger partial charge is 0.276 e. The predicted octanol–water partition coefficient (Wildman–Crippen LogP) is 4.91. The second-order valence-electron chi connectivity index (χ2n) is 18.4. The van der Waals surface area contributed by atoms with Crippen LogP contribution in [0.5, 0.6) is 5.75 Å². The van der Waals surface area contributed by atoms with Crippen LogP contribution >= 0.6 is 23.1 Å². The number of amides is 5. The molecule has 4 aromatic heterocycles. The number of ether oxygens (including phenoxy) is 1. The summed E-state index contributed by atoms with van der Waals surface area (Å²) in [5.41, 5.74) is 15.9. The third-order valence-electron chi connectivity index (χ3n) is 13.3. The van der Waals surface area contributed by atoms with Crippen LogP contribution in [0.3, 0.4) is 0 Å². The number of thioether (sulfide) groups is 1. The van der Waals surface area contributed by atoms with Crippen molar-refractivity contribution in [1.82, 2.24) is 53.9 Å². The number of fused-ring (bicyclic) bond motifs is 2. The van der Waals surface area contributed by atoms with Crippen molar-refractivity contribution in [3.8, 4) is 5.75 Å². The number of allylic oxidation sites excluding steroid dienone is 2. The van der Waals surface area contributed by atoms with Gasteiger partial charge in [0.2, 0.25) is 29.6 Å². The molecule has 8 rings (SSSR count). The highest BCUT2D eigenvalue weighted by Crippen LogP contribution is 2.34. The third kappa shape index (κ3) is 12.6. The minimum Gasteiger partial charge on any atom is -0.491 e. The average Bonchev–Trinajstić information content (AvgIpc) is 4.17. The number of nitrogens with two attached hydrogens (primary N) is 2. The lowest BCUT2D eigenvalue weighted by atomic mass is 10.1. The molecule has 0 atom stereocenters. The maximum atomic E-state index is 14.0. The molecule has 0 saturated carbocycles. The normalized spacial score (nSPS) is 14.6. The van der Waals surface area contributed by atoms with Crippen molar-refractivity contribution in [1.29, 1.82) is 0 Å². The van der Waals surface area contributed by atoms with E-state index in [0.717, 1.165) is 75.1 Å². The van der Waals surface area contributed by atoms with Crippen molar-refractivity contribution in [3.05, 3.63) is 80.6 Å². The molecule has 74 heavy (non-hydrogen) atoms. The topological polar surface area (TPSA) is 259 Å². The number of thiazole rings is 1. The van der Waals surface area contributed by atoms with Crippen LogP contribution in [0, 0.1) is 13.8 Å². The van der Waals surface area contributed by atoms with Crippen LogP contribution in [0.15, 0.2) is 47.4 Å². The van der Waals surface area contributed by atoms with Gasteiger partial charge in [-0.2, -0.15) is 5.10 Å². The summed E-state index contributed by atoms with van der Waals surface area (Å²) < 4.78 is 11.8. The van der Waals surface area contributed by atoms with Gasteiger partial charge >= 0.3 is 0 Å². The van der Waals surface area contributed by atoms with E-state index >= 15 is 0 Å². The maximum Gasteiger partial charge on any atom is 0.276 e. The van der Waals surface area contributed by atoms with E-state index < -0.39 is 17.7 Å². The lowest BCUT2D eigenvalue weighted by Gasteiger charge is -2.35. The molecule has 0 bridgehead atoms. The summed E-state index contributed by atoms with van der Waals surface area (Å²) in [5.74, 6) is -0.977.